The fraction of sp³-hybridized carbons (Fsp3) is 0.444. The summed E-state index contributed by atoms with van der Waals surface area (Å²) in [4.78, 5) is 0. The van der Waals surface area contributed by atoms with E-state index in [-0.39, 0.29) is 18.6 Å². The van der Waals surface area contributed by atoms with Crippen molar-refractivity contribution in [3.63, 3.8) is 0 Å². The van der Waals surface area contributed by atoms with Crippen molar-refractivity contribution in [2.75, 3.05) is 13.2 Å². The molecule has 2 rings (SSSR count). The second-order valence-electron chi connectivity index (χ2n) is 6.20. The molecule has 4 heteroatoms. The average Bonchev–Trinajstić information content (AvgIpc) is 2.52. The normalized spacial score (nSPS) is 13.3. The Balaban J connectivity index is 2.16. The van der Waals surface area contributed by atoms with Gasteiger partial charge in [-0.15, -0.1) is 0 Å². The molecule has 0 aromatic heterocycles. The minimum Gasteiger partial charge on any atom is -0.491 e. The summed E-state index contributed by atoms with van der Waals surface area (Å²) < 4.78 is 10.5. The van der Waals surface area contributed by atoms with Crippen molar-refractivity contribution < 1.29 is 12.9 Å². The zero-order valence-electron chi connectivity index (χ0n) is 13.3. The second kappa shape index (κ2) is 7.62. The maximum atomic E-state index is 9.62. The van der Waals surface area contributed by atoms with Crippen LogP contribution in [0.4, 0.5) is 0 Å². The van der Waals surface area contributed by atoms with Gasteiger partial charge in [-0.2, -0.15) is 0 Å². The zero-order valence-corrected chi connectivity index (χ0v) is 15.5. The molecule has 0 bridgehead atoms. The summed E-state index contributed by atoms with van der Waals surface area (Å²) in [7, 11) is 0. The number of hydrogen-bond acceptors (Lipinski definition) is 3. The predicted molar refractivity (Wildman–Crippen MR) is 98.7 cm³/mol. The minimum atomic E-state index is -0.611. The van der Waals surface area contributed by atoms with Crippen LogP contribution in [0, 0.1) is 0 Å². The molecule has 0 heterocycles. The maximum Gasteiger partial charge on any atom is 0.120 e. The molecule has 0 saturated carbocycles. The Bertz CT molecular complexity index is 625. The van der Waals surface area contributed by atoms with Crippen molar-refractivity contribution in [2.24, 2.45) is 0 Å². The van der Waals surface area contributed by atoms with Crippen molar-refractivity contribution in [2.45, 2.75) is 38.7 Å². The lowest BCUT2D eigenvalue weighted by Crippen LogP contribution is -2.21. The second-order valence-corrected chi connectivity index (χ2v) is 6.82. The molecule has 2 aromatic carbocycles. The van der Waals surface area contributed by atoms with Crippen LogP contribution in [0.2, 0.25) is 0 Å². The van der Waals surface area contributed by atoms with E-state index in [2.05, 4.69) is 45.0 Å². The van der Waals surface area contributed by atoms with Gasteiger partial charge in [0.2, 0.25) is 0 Å². The van der Waals surface area contributed by atoms with Crippen LogP contribution in [0.15, 0.2) is 36.4 Å². The molecular formula is C18H23IO3. The fourth-order valence-electron chi connectivity index (χ4n) is 2.25. The van der Waals surface area contributed by atoms with Crippen LogP contribution in [0.25, 0.3) is 10.8 Å². The predicted octanol–water partition coefficient (Wildman–Crippen LogP) is 4.63. The van der Waals surface area contributed by atoms with Crippen LogP contribution in [0.1, 0.15) is 32.8 Å². The van der Waals surface area contributed by atoms with Gasteiger partial charge in [0.15, 0.2) is 0 Å². The number of aliphatic hydroxyl groups excluding tert-OH is 1. The van der Waals surface area contributed by atoms with Crippen molar-refractivity contribution >= 4 is 33.8 Å². The number of aliphatic hydroxyl groups is 1. The van der Waals surface area contributed by atoms with Crippen molar-refractivity contribution in [3.05, 3.63) is 42.0 Å². The van der Waals surface area contributed by atoms with Gasteiger partial charge >= 0.3 is 0 Å². The molecule has 0 radical (unpaired) electrons. The van der Waals surface area contributed by atoms with Crippen LogP contribution in [-0.2, 0) is 8.48 Å². The van der Waals surface area contributed by atoms with E-state index in [1.54, 1.807) is 23.0 Å². The number of ether oxygens (including phenoxy) is 1. The van der Waals surface area contributed by atoms with E-state index < -0.39 is 6.10 Å². The molecule has 1 N–H and O–H groups in total. The van der Waals surface area contributed by atoms with Gasteiger partial charge in [-0.25, -0.2) is 0 Å². The first-order chi connectivity index (χ1) is 10.5. The minimum absolute atomic E-state index is 0.187. The van der Waals surface area contributed by atoms with Gasteiger partial charge in [-0.1, -0.05) is 45.0 Å². The molecule has 0 spiro atoms. The van der Waals surface area contributed by atoms with E-state index in [0.717, 1.165) is 17.6 Å². The van der Waals surface area contributed by atoms with E-state index in [9.17, 15) is 5.11 Å². The molecule has 0 aliphatic rings. The lowest BCUT2D eigenvalue weighted by molar-refractivity contribution is 0.0768. The summed E-state index contributed by atoms with van der Waals surface area (Å²) in [6.07, 6.45) is 0.497. The highest BCUT2D eigenvalue weighted by molar-refractivity contribution is 14.1. The molecule has 2 aromatic rings. The quantitative estimate of drug-likeness (QED) is 0.672. The van der Waals surface area contributed by atoms with E-state index in [0.29, 0.717) is 0 Å². The van der Waals surface area contributed by atoms with Gasteiger partial charge in [0.05, 0.1) is 6.61 Å². The Labute approximate surface area is 146 Å². The van der Waals surface area contributed by atoms with Crippen molar-refractivity contribution in [1.29, 1.82) is 0 Å². The third kappa shape index (κ3) is 4.33. The maximum absolute atomic E-state index is 9.62. The van der Waals surface area contributed by atoms with E-state index in [1.165, 1.54) is 10.9 Å². The molecule has 0 aliphatic carbocycles. The summed E-state index contributed by atoms with van der Waals surface area (Å²) in [5.41, 5.74) is 1.54. The summed E-state index contributed by atoms with van der Waals surface area (Å²) in [5, 5.41) is 12.0. The summed E-state index contributed by atoms with van der Waals surface area (Å²) in [5.74, 6) is 0.766. The zero-order chi connectivity index (χ0) is 16.2. The van der Waals surface area contributed by atoms with Gasteiger partial charge in [0.25, 0.3) is 0 Å². The van der Waals surface area contributed by atoms with Crippen molar-refractivity contribution in [1.82, 2.24) is 0 Å². The highest BCUT2D eigenvalue weighted by Gasteiger charge is 2.18. The van der Waals surface area contributed by atoms with Gasteiger partial charge in [-0.3, -0.25) is 0 Å². The lowest BCUT2D eigenvalue weighted by atomic mass is 9.81. The molecule has 0 fully saturated rings. The van der Waals surface area contributed by atoms with Gasteiger partial charge in [-0.05, 0) is 40.3 Å². The van der Waals surface area contributed by atoms with Crippen LogP contribution in [0.5, 0.6) is 5.75 Å². The average molecular weight is 414 g/mol. The highest BCUT2D eigenvalue weighted by atomic mass is 127. The third-order valence-electron chi connectivity index (χ3n) is 4.17. The molecule has 0 saturated heterocycles. The van der Waals surface area contributed by atoms with Gasteiger partial charge in [0, 0.05) is 0 Å². The standard InChI is InChI=1S/C18H23IO3/c1-4-18(2,3)15-7-5-14-10-17(8-6-13(14)9-15)21-11-16(20)12-22-19/h5-10,16,20H,4,11-12H2,1-3H3. The number of hydrogen-bond donors (Lipinski definition) is 1. The number of halogens is 1. The van der Waals surface area contributed by atoms with E-state index in [1.807, 2.05) is 12.1 Å². The summed E-state index contributed by atoms with van der Waals surface area (Å²) in [6.45, 7) is 7.25. The smallest absolute Gasteiger partial charge is 0.120 e. The monoisotopic (exact) mass is 414 g/mol. The Morgan fingerprint density at radius 3 is 2.45 bits per heavy atom. The largest absolute Gasteiger partial charge is 0.491 e. The molecular weight excluding hydrogens is 391 g/mol. The Morgan fingerprint density at radius 2 is 1.77 bits per heavy atom. The molecule has 3 nitrogen and oxygen atoms in total. The third-order valence-corrected chi connectivity index (χ3v) is 4.53. The SMILES string of the molecule is CCC(C)(C)c1ccc2cc(OCC(O)COI)ccc2c1. The molecule has 0 aliphatic heterocycles. The molecule has 120 valence electrons. The first-order valence-corrected chi connectivity index (χ1v) is 8.43. The van der Waals surface area contributed by atoms with E-state index in [4.69, 9.17) is 7.80 Å². The van der Waals surface area contributed by atoms with Crippen LogP contribution in [0.3, 0.4) is 0 Å². The van der Waals surface area contributed by atoms with Gasteiger partial charge in [0.1, 0.15) is 41.5 Å². The van der Waals surface area contributed by atoms with Crippen molar-refractivity contribution in [3.8, 4) is 5.75 Å². The molecule has 0 amide bonds. The van der Waals surface area contributed by atoms with Crippen LogP contribution >= 0.6 is 23.0 Å². The number of rotatable bonds is 7. The summed E-state index contributed by atoms with van der Waals surface area (Å²) in [6, 6.07) is 12.6. The Morgan fingerprint density at radius 1 is 1.09 bits per heavy atom. The number of fused-ring (bicyclic) bond motifs is 1. The first-order valence-electron chi connectivity index (χ1n) is 7.55. The van der Waals surface area contributed by atoms with Crippen LogP contribution in [-0.4, -0.2) is 24.4 Å². The summed E-state index contributed by atoms with van der Waals surface area (Å²) >= 11 is 1.77. The van der Waals surface area contributed by atoms with Crippen LogP contribution < -0.4 is 4.74 Å². The topological polar surface area (TPSA) is 38.7 Å². The highest BCUT2D eigenvalue weighted by Crippen LogP contribution is 2.30. The molecule has 22 heavy (non-hydrogen) atoms. The Kier molecular flexibility index (Phi) is 6.06. The van der Waals surface area contributed by atoms with E-state index >= 15 is 0 Å². The molecule has 1 unspecified atom stereocenters. The fourth-order valence-corrected chi connectivity index (χ4v) is 2.67. The lowest BCUT2D eigenvalue weighted by Gasteiger charge is -2.23. The Hall–Kier alpha value is -0.850. The van der Waals surface area contributed by atoms with Gasteiger partial charge < -0.3 is 12.9 Å². The first kappa shape index (κ1) is 17.5. The molecule has 1 atom stereocenters. The number of benzene rings is 2.